The normalized spacial score (nSPS) is 10.3. The van der Waals surface area contributed by atoms with Gasteiger partial charge in [0, 0.05) is 6.07 Å². The summed E-state index contributed by atoms with van der Waals surface area (Å²) in [4.78, 5) is 12.4. The first-order valence-corrected chi connectivity index (χ1v) is 8.28. The lowest BCUT2D eigenvalue weighted by Gasteiger charge is -2.14. The number of hydrogen-bond donors (Lipinski definition) is 1. The summed E-state index contributed by atoms with van der Waals surface area (Å²) in [5.74, 6) is 1.28. The maximum Gasteiger partial charge on any atom is 0.228 e. The smallest absolute Gasteiger partial charge is 0.228 e. The van der Waals surface area contributed by atoms with Gasteiger partial charge in [-0.2, -0.15) is 0 Å². The minimum absolute atomic E-state index is 0.0748. The standard InChI is InChI=1S/C20H25NO3/c1-4-5-11-24-19-10-9-17(23-3)14-18(19)21-20(22)13-16-8-6-7-15(2)12-16/h6-10,12,14H,4-5,11,13H2,1-3H3,(H,21,22). The molecular weight excluding hydrogens is 302 g/mol. The Hall–Kier alpha value is -2.49. The monoisotopic (exact) mass is 327 g/mol. The number of unbranched alkanes of at least 4 members (excludes halogenated alkanes) is 1. The fraction of sp³-hybridized carbons (Fsp3) is 0.350. The molecule has 1 N–H and O–H groups in total. The predicted octanol–water partition coefficient (Wildman–Crippen LogP) is 4.36. The predicted molar refractivity (Wildman–Crippen MR) is 96.9 cm³/mol. The van der Waals surface area contributed by atoms with Crippen LogP contribution in [0, 0.1) is 6.92 Å². The molecule has 4 nitrogen and oxygen atoms in total. The van der Waals surface area contributed by atoms with Crippen LogP contribution in [0.3, 0.4) is 0 Å². The Labute approximate surface area is 143 Å². The van der Waals surface area contributed by atoms with E-state index in [2.05, 4.69) is 12.2 Å². The highest BCUT2D eigenvalue weighted by atomic mass is 16.5. The van der Waals surface area contributed by atoms with Crippen LogP contribution >= 0.6 is 0 Å². The van der Waals surface area contributed by atoms with Crippen molar-refractivity contribution < 1.29 is 14.3 Å². The van der Waals surface area contributed by atoms with E-state index in [1.54, 1.807) is 13.2 Å². The van der Waals surface area contributed by atoms with Gasteiger partial charge >= 0.3 is 0 Å². The Morgan fingerprint density at radius 2 is 2.00 bits per heavy atom. The summed E-state index contributed by atoms with van der Waals surface area (Å²) in [6, 6.07) is 13.4. The Bertz CT molecular complexity index is 682. The molecule has 0 aromatic heterocycles. The van der Waals surface area contributed by atoms with Crippen LogP contribution in [0.2, 0.25) is 0 Å². The molecule has 0 fully saturated rings. The number of amides is 1. The molecule has 0 aliphatic rings. The van der Waals surface area contributed by atoms with Gasteiger partial charge in [-0.25, -0.2) is 0 Å². The Kier molecular flexibility index (Phi) is 6.67. The van der Waals surface area contributed by atoms with Crippen molar-refractivity contribution in [1.29, 1.82) is 0 Å². The summed E-state index contributed by atoms with van der Waals surface area (Å²) < 4.78 is 11.0. The summed E-state index contributed by atoms with van der Waals surface area (Å²) in [5, 5.41) is 2.94. The minimum atomic E-state index is -0.0748. The highest BCUT2D eigenvalue weighted by molar-refractivity contribution is 5.94. The molecule has 0 aliphatic heterocycles. The van der Waals surface area contributed by atoms with Gasteiger partial charge < -0.3 is 14.8 Å². The second kappa shape index (κ2) is 8.96. The van der Waals surface area contributed by atoms with Crippen molar-refractivity contribution in [3.05, 3.63) is 53.6 Å². The van der Waals surface area contributed by atoms with Gasteiger partial charge in [0.1, 0.15) is 11.5 Å². The molecule has 128 valence electrons. The van der Waals surface area contributed by atoms with Crippen molar-refractivity contribution >= 4 is 11.6 Å². The summed E-state index contributed by atoms with van der Waals surface area (Å²) in [6.45, 7) is 4.76. The van der Waals surface area contributed by atoms with Gasteiger partial charge in [-0.1, -0.05) is 43.2 Å². The van der Waals surface area contributed by atoms with Crippen LogP contribution in [-0.4, -0.2) is 19.6 Å². The van der Waals surface area contributed by atoms with Crippen molar-refractivity contribution in [2.75, 3.05) is 19.0 Å². The second-order valence-corrected chi connectivity index (χ2v) is 5.78. The molecule has 24 heavy (non-hydrogen) atoms. The van der Waals surface area contributed by atoms with Crippen molar-refractivity contribution in [1.82, 2.24) is 0 Å². The third-order valence-electron chi connectivity index (χ3n) is 3.66. The molecule has 0 unspecified atom stereocenters. The molecule has 0 saturated carbocycles. The highest BCUT2D eigenvalue weighted by Gasteiger charge is 2.10. The molecule has 0 heterocycles. The van der Waals surface area contributed by atoms with Crippen LogP contribution in [-0.2, 0) is 11.2 Å². The van der Waals surface area contributed by atoms with Gasteiger partial charge in [0.15, 0.2) is 0 Å². The lowest BCUT2D eigenvalue weighted by Crippen LogP contribution is -2.15. The number of carbonyl (C=O) groups excluding carboxylic acids is 1. The number of carbonyl (C=O) groups is 1. The molecule has 0 radical (unpaired) electrons. The number of nitrogens with one attached hydrogen (secondary N) is 1. The van der Waals surface area contributed by atoms with Crippen LogP contribution in [0.1, 0.15) is 30.9 Å². The van der Waals surface area contributed by atoms with Gasteiger partial charge in [0.05, 0.1) is 25.8 Å². The fourth-order valence-corrected chi connectivity index (χ4v) is 2.39. The Morgan fingerprint density at radius 3 is 2.71 bits per heavy atom. The summed E-state index contributed by atoms with van der Waals surface area (Å²) in [6.07, 6.45) is 2.36. The van der Waals surface area contributed by atoms with Crippen LogP contribution in [0.4, 0.5) is 5.69 Å². The number of hydrogen-bond acceptors (Lipinski definition) is 3. The molecule has 0 spiro atoms. The lowest BCUT2D eigenvalue weighted by atomic mass is 10.1. The minimum Gasteiger partial charge on any atom is -0.497 e. The average molecular weight is 327 g/mol. The van der Waals surface area contributed by atoms with E-state index in [1.165, 1.54) is 0 Å². The quantitative estimate of drug-likeness (QED) is 0.733. The number of rotatable bonds is 8. The number of ether oxygens (including phenoxy) is 2. The van der Waals surface area contributed by atoms with Crippen molar-refractivity contribution in [2.24, 2.45) is 0 Å². The molecule has 1 amide bonds. The first kappa shape index (κ1) is 17.9. The van der Waals surface area contributed by atoms with Crippen molar-refractivity contribution in [3.63, 3.8) is 0 Å². The Morgan fingerprint density at radius 1 is 1.17 bits per heavy atom. The Balaban J connectivity index is 2.09. The van der Waals surface area contributed by atoms with Gasteiger partial charge in [-0.15, -0.1) is 0 Å². The van der Waals surface area contributed by atoms with E-state index in [4.69, 9.17) is 9.47 Å². The molecule has 2 aromatic rings. The van der Waals surface area contributed by atoms with Crippen molar-refractivity contribution in [3.8, 4) is 11.5 Å². The third-order valence-corrected chi connectivity index (χ3v) is 3.66. The maximum absolute atomic E-state index is 12.4. The van der Waals surface area contributed by atoms with Gasteiger partial charge in [0.25, 0.3) is 0 Å². The zero-order valence-corrected chi connectivity index (χ0v) is 14.6. The van der Waals surface area contributed by atoms with Crippen LogP contribution in [0.15, 0.2) is 42.5 Å². The highest BCUT2D eigenvalue weighted by Crippen LogP contribution is 2.29. The SMILES string of the molecule is CCCCOc1ccc(OC)cc1NC(=O)Cc1cccc(C)c1. The number of aryl methyl sites for hydroxylation is 1. The first-order chi connectivity index (χ1) is 11.6. The van der Waals surface area contributed by atoms with Crippen LogP contribution in [0.25, 0.3) is 0 Å². The number of anilines is 1. The number of methoxy groups -OCH3 is 1. The molecule has 0 bridgehead atoms. The molecule has 0 saturated heterocycles. The fourth-order valence-electron chi connectivity index (χ4n) is 2.39. The molecular formula is C20H25NO3. The molecule has 0 atom stereocenters. The zero-order valence-electron chi connectivity index (χ0n) is 14.6. The summed E-state index contributed by atoms with van der Waals surface area (Å²) in [5.41, 5.74) is 2.78. The average Bonchev–Trinajstić information content (AvgIpc) is 2.56. The van der Waals surface area contributed by atoms with E-state index >= 15 is 0 Å². The largest absolute Gasteiger partial charge is 0.497 e. The third kappa shape index (κ3) is 5.30. The van der Waals surface area contributed by atoms with Gasteiger partial charge in [0.2, 0.25) is 5.91 Å². The zero-order chi connectivity index (χ0) is 17.4. The van der Waals surface area contributed by atoms with E-state index in [-0.39, 0.29) is 5.91 Å². The summed E-state index contributed by atoms with van der Waals surface area (Å²) >= 11 is 0. The molecule has 4 heteroatoms. The second-order valence-electron chi connectivity index (χ2n) is 5.78. The lowest BCUT2D eigenvalue weighted by molar-refractivity contribution is -0.115. The van der Waals surface area contributed by atoms with Crippen LogP contribution in [0.5, 0.6) is 11.5 Å². The van der Waals surface area contributed by atoms with E-state index in [9.17, 15) is 4.79 Å². The van der Waals surface area contributed by atoms with Crippen molar-refractivity contribution in [2.45, 2.75) is 33.1 Å². The first-order valence-electron chi connectivity index (χ1n) is 8.28. The van der Waals surface area contributed by atoms with Crippen LogP contribution < -0.4 is 14.8 Å². The molecule has 2 rings (SSSR count). The van der Waals surface area contributed by atoms with E-state index in [0.29, 0.717) is 30.2 Å². The number of benzene rings is 2. The van der Waals surface area contributed by atoms with E-state index in [0.717, 1.165) is 24.0 Å². The maximum atomic E-state index is 12.4. The van der Waals surface area contributed by atoms with Gasteiger partial charge in [-0.3, -0.25) is 4.79 Å². The van der Waals surface area contributed by atoms with E-state index in [1.807, 2.05) is 43.3 Å². The topological polar surface area (TPSA) is 47.6 Å². The summed E-state index contributed by atoms with van der Waals surface area (Å²) in [7, 11) is 1.60. The molecule has 2 aromatic carbocycles. The molecule has 0 aliphatic carbocycles. The van der Waals surface area contributed by atoms with Gasteiger partial charge in [-0.05, 0) is 31.0 Å². The van der Waals surface area contributed by atoms with E-state index < -0.39 is 0 Å².